The molecule has 0 radical (unpaired) electrons. The van der Waals surface area contributed by atoms with Gasteiger partial charge in [-0.2, -0.15) is 0 Å². The Balaban J connectivity index is 0.000000321. The summed E-state index contributed by atoms with van der Waals surface area (Å²) in [5.41, 5.74) is 3.76. The standard InChI is InChI=1S/C19H23NO.C4H4O4/c1-15-7-9-17(10-8-15)19(16-5-3-2-4-6-16)21-18-11-13-20-14-12-18;5-3(6)1-2-4(7)8/h2-10,18-20H,11-14H2,1H3;1-2H,(H,5,6)(H,7,8)/b;2-1+. The van der Waals surface area contributed by atoms with Crippen molar-refractivity contribution < 1.29 is 24.5 Å². The highest BCUT2D eigenvalue weighted by atomic mass is 16.5. The third kappa shape index (κ3) is 8.29. The largest absolute Gasteiger partial charge is 0.478 e. The number of aliphatic carboxylic acids is 2. The average molecular weight is 397 g/mol. The first-order valence-corrected chi connectivity index (χ1v) is 9.57. The van der Waals surface area contributed by atoms with Gasteiger partial charge in [-0.1, -0.05) is 60.2 Å². The highest BCUT2D eigenvalue weighted by molar-refractivity contribution is 5.89. The maximum Gasteiger partial charge on any atom is 0.328 e. The number of aryl methyl sites for hydroxylation is 1. The Morgan fingerprint density at radius 2 is 1.45 bits per heavy atom. The molecule has 1 fully saturated rings. The first-order valence-electron chi connectivity index (χ1n) is 9.57. The van der Waals surface area contributed by atoms with Crippen molar-refractivity contribution in [2.45, 2.75) is 32.0 Å². The number of hydrogen-bond donors (Lipinski definition) is 3. The molecule has 3 rings (SSSR count). The van der Waals surface area contributed by atoms with Crippen LogP contribution in [-0.2, 0) is 14.3 Å². The minimum atomic E-state index is -1.26. The first-order chi connectivity index (χ1) is 14.0. The molecular weight excluding hydrogens is 370 g/mol. The fraction of sp³-hybridized carbons (Fsp3) is 0.304. The van der Waals surface area contributed by atoms with E-state index in [-0.39, 0.29) is 6.10 Å². The maximum absolute atomic E-state index is 9.55. The molecule has 0 aromatic heterocycles. The summed E-state index contributed by atoms with van der Waals surface area (Å²) in [5.74, 6) is -2.51. The van der Waals surface area contributed by atoms with Crippen LogP contribution in [0.5, 0.6) is 0 Å². The van der Waals surface area contributed by atoms with Crippen LogP contribution in [0.2, 0.25) is 0 Å². The van der Waals surface area contributed by atoms with E-state index in [1.54, 1.807) is 0 Å². The van der Waals surface area contributed by atoms with Gasteiger partial charge in [-0.3, -0.25) is 0 Å². The number of piperidine rings is 1. The van der Waals surface area contributed by atoms with Crippen molar-refractivity contribution in [3.8, 4) is 0 Å². The molecule has 6 heteroatoms. The second-order valence-corrected chi connectivity index (χ2v) is 6.80. The van der Waals surface area contributed by atoms with Crippen LogP contribution >= 0.6 is 0 Å². The fourth-order valence-corrected chi connectivity index (χ4v) is 2.99. The Bertz CT molecular complexity index is 780. The van der Waals surface area contributed by atoms with Crippen LogP contribution in [0.25, 0.3) is 0 Å². The van der Waals surface area contributed by atoms with Crippen LogP contribution < -0.4 is 5.32 Å². The molecule has 29 heavy (non-hydrogen) atoms. The second-order valence-electron chi connectivity index (χ2n) is 6.80. The number of carboxylic acids is 2. The van der Waals surface area contributed by atoms with Crippen LogP contribution in [0, 0.1) is 6.92 Å². The molecule has 1 aliphatic rings. The molecule has 154 valence electrons. The van der Waals surface area contributed by atoms with E-state index in [9.17, 15) is 9.59 Å². The average Bonchev–Trinajstić information content (AvgIpc) is 2.73. The van der Waals surface area contributed by atoms with Gasteiger partial charge in [-0.05, 0) is 44.0 Å². The van der Waals surface area contributed by atoms with Crippen LogP contribution in [0.4, 0.5) is 0 Å². The zero-order valence-electron chi connectivity index (χ0n) is 16.5. The Morgan fingerprint density at radius 1 is 0.931 bits per heavy atom. The topological polar surface area (TPSA) is 95.9 Å². The molecule has 1 heterocycles. The summed E-state index contributed by atoms with van der Waals surface area (Å²) in [4.78, 5) is 19.1. The summed E-state index contributed by atoms with van der Waals surface area (Å²) in [7, 11) is 0. The summed E-state index contributed by atoms with van der Waals surface area (Å²) in [5, 5.41) is 19.0. The highest BCUT2D eigenvalue weighted by Crippen LogP contribution is 2.29. The molecule has 3 N–H and O–H groups in total. The molecule has 1 aliphatic heterocycles. The Kier molecular flexibility index (Phi) is 9.08. The molecule has 0 bridgehead atoms. The van der Waals surface area contributed by atoms with Gasteiger partial charge in [-0.25, -0.2) is 9.59 Å². The molecule has 6 nitrogen and oxygen atoms in total. The van der Waals surface area contributed by atoms with Crippen LogP contribution in [0.3, 0.4) is 0 Å². The van der Waals surface area contributed by atoms with Gasteiger partial charge in [0.2, 0.25) is 0 Å². The predicted molar refractivity (Wildman–Crippen MR) is 111 cm³/mol. The van der Waals surface area contributed by atoms with Crippen LogP contribution in [-0.4, -0.2) is 41.3 Å². The van der Waals surface area contributed by atoms with E-state index in [1.165, 1.54) is 16.7 Å². The van der Waals surface area contributed by atoms with Gasteiger partial charge < -0.3 is 20.3 Å². The number of rotatable bonds is 6. The van der Waals surface area contributed by atoms with Gasteiger partial charge in [0.25, 0.3) is 0 Å². The lowest BCUT2D eigenvalue weighted by Gasteiger charge is -2.28. The lowest BCUT2D eigenvalue weighted by molar-refractivity contribution is -0.134. The smallest absolute Gasteiger partial charge is 0.328 e. The number of nitrogens with one attached hydrogen (secondary N) is 1. The van der Waals surface area contributed by atoms with E-state index >= 15 is 0 Å². The Morgan fingerprint density at radius 3 is 1.97 bits per heavy atom. The predicted octanol–water partition coefficient (Wildman–Crippen LogP) is 3.56. The summed E-state index contributed by atoms with van der Waals surface area (Å²) < 4.78 is 6.46. The second kappa shape index (κ2) is 11.8. The summed E-state index contributed by atoms with van der Waals surface area (Å²) in [6.45, 7) is 4.23. The van der Waals surface area contributed by atoms with E-state index in [0.717, 1.165) is 25.9 Å². The van der Waals surface area contributed by atoms with E-state index in [0.29, 0.717) is 18.3 Å². The van der Waals surface area contributed by atoms with Crippen molar-refractivity contribution in [3.63, 3.8) is 0 Å². The zero-order valence-corrected chi connectivity index (χ0v) is 16.5. The minimum Gasteiger partial charge on any atom is -0.478 e. The molecule has 0 amide bonds. The Labute approximate surface area is 170 Å². The number of ether oxygens (including phenoxy) is 1. The van der Waals surface area contributed by atoms with Gasteiger partial charge in [0.05, 0.1) is 6.10 Å². The molecule has 0 spiro atoms. The molecule has 2 aromatic carbocycles. The molecule has 1 saturated heterocycles. The van der Waals surface area contributed by atoms with Crippen LogP contribution in [0.1, 0.15) is 35.6 Å². The van der Waals surface area contributed by atoms with Crippen molar-refractivity contribution in [3.05, 3.63) is 83.4 Å². The minimum absolute atomic E-state index is 0.0369. The molecule has 2 aromatic rings. The number of hydrogen-bond acceptors (Lipinski definition) is 4. The lowest BCUT2D eigenvalue weighted by Crippen LogP contribution is -2.33. The SMILES string of the molecule is Cc1ccc(C(OC2CCNCC2)c2ccccc2)cc1.O=C(O)/C=C/C(=O)O. The normalized spacial score (nSPS) is 15.3. The van der Waals surface area contributed by atoms with E-state index < -0.39 is 11.9 Å². The van der Waals surface area contributed by atoms with E-state index in [2.05, 4.69) is 66.8 Å². The number of carboxylic acid groups (broad SMARTS) is 2. The van der Waals surface area contributed by atoms with Crippen LogP contribution in [0.15, 0.2) is 66.7 Å². The third-order valence-corrected chi connectivity index (χ3v) is 4.47. The molecule has 0 aliphatic carbocycles. The molecule has 1 atom stereocenters. The van der Waals surface area contributed by atoms with Crippen molar-refractivity contribution in [1.29, 1.82) is 0 Å². The summed E-state index contributed by atoms with van der Waals surface area (Å²) in [6, 6.07) is 19.2. The zero-order chi connectivity index (χ0) is 21.1. The lowest BCUT2D eigenvalue weighted by atomic mass is 9.99. The first kappa shape index (κ1) is 22.3. The summed E-state index contributed by atoms with van der Waals surface area (Å²) >= 11 is 0. The quantitative estimate of drug-likeness (QED) is 0.645. The molecule has 1 unspecified atom stereocenters. The molecule has 0 saturated carbocycles. The maximum atomic E-state index is 9.55. The van der Waals surface area contributed by atoms with Gasteiger partial charge in [-0.15, -0.1) is 0 Å². The fourth-order valence-electron chi connectivity index (χ4n) is 2.99. The van der Waals surface area contributed by atoms with Gasteiger partial charge in [0, 0.05) is 12.2 Å². The van der Waals surface area contributed by atoms with Gasteiger partial charge >= 0.3 is 11.9 Å². The van der Waals surface area contributed by atoms with Crippen molar-refractivity contribution >= 4 is 11.9 Å². The van der Waals surface area contributed by atoms with Gasteiger partial charge in [0.15, 0.2) is 0 Å². The monoisotopic (exact) mass is 397 g/mol. The number of benzene rings is 2. The van der Waals surface area contributed by atoms with Crippen molar-refractivity contribution in [1.82, 2.24) is 5.32 Å². The van der Waals surface area contributed by atoms with E-state index in [1.807, 2.05) is 0 Å². The number of carbonyl (C=O) groups is 2. The third-order valence-electron chi connectivity index (χ3n) is 4.47. The van der Waals surface area contributed by atoms with Crippen molar-refractivity contribution in [2.75, 3.05) is 13.1 Å². The Hall–Kier alpha value is -2.96. The molecular formula is C23H27NO5. The highest BCUT2D eigenvalue weighted by Gasteiger charge is 2.21. The summed E-state index contributed by atoms with van der Waals surface area (Å²) in [6.07, 6.45) is 3.68. The van der Waals surface area contributed by atoms with Gasteiger partial charge in [0.1, 0.15) is 6.10 Å². The van der Waals surface area contributed by atoms with E-state index in [4.69, 9.17) is 14.9 Å². The van der Waals surface area contributed by atoms with Crippen molar-refractivity contribution in [2.24, 2.45) is 0 Å².